The molecule has 0 bridgehead atoms. The van der Waals surface area contributed by atoms with Crippen LogP contribution < -0.4 is 0 Å². The summed E-state index contributed by atoms with van der Waals surface area (Å²) in [4.78, 5) is 7.08. The van der Waals surface area contributed by atoms with Crippen molar-refractivity contribution in [1.29, 1.82) is 0 Å². The van der Waals surface area contributed by atoms with Gasteiger partial charge in [-0.25, -0.2) is 4.98 Å². The number of benzene rings is 1. The van der Waals surface area contributed by atoms with Gasteiger partial charge in [-0.1, -0.05) is 31.2 Å². The normalized spacial score (nSPS) is 18.0. The van der Waals surface area contributed by atoms with E-state index in [2.05, 4.69) is 70.9 Å². The van der Waals surface area contributed by atoms with Crippen LogP contribution in [-0.4, -0.2) is 38.6 Å². The molecular formula is C22H27N3O. The Morgan fingerprint density at radius 3 is 2.69 bits per heavy atom. The van der Waals surface area contributed by atoms with E-state index in [0.29, 0.717) is 6.04 Å². The minimum absolute atomic E-state index is 0.266. The summed E-state index contributed by atoms with van der Waals surface area (Å²) >= 11 is 0. The number of hydrogen-bond acceptors (Lipinski definition) is 3. The lowest BCUT2D eigenvalue weighted by atomic mass is 10.0. The summed E-state index contributed by atoms with van der Waals surface area (Å²) in [5.41, 5.74) is 7.13. The van der Waals surface area contributed by atoms with Gasteiger partial charge < -0.3 is 9.51 Å². The van der Waals surface area contributed by atoms with Crippen LogP contribution >= 0.6 is 0 Å². The van der Waals surface area contributed by atoms with E-state index in [1.54, 1.807) is 0 Å². The third-order valence-electron chi connectivity index (χ3n) is 5.53. The van der Waals surface area contributed by atoms with Gasteiger partial charge in [-0.2, -0.15) is 0 Å². The zero-order chi connectivity index (χ0) is 18.1. The second-order valence-corrected chi connectivity index (χ2v) is 7.37. The molecule has 0 saturated carbocycles. The van der Waals surface area contributed by atoms with Crippen LogP contribution in [-0.2, 0) is 13.0 Å². The second kappa shape index (κ2) is 7.22. The number of likely N-dealkylation sites (tertiary alicyclic amines) is 1. The van der Waals surface area contributed by atoms with Crippen molar-refractivity contribution in [2.24, 2.45) is 0 Å². The lowest BCUT2D eigenvalue weighted by Gasteiger charge is -2.22. The van der Waals surface area contributed by atoms with Gasteiger partial charge in [0.25, 0.3) is 0 Å². The molecule has 3 aromatic rings. The van der Waals surface area contributed by atoms with Gasteiger partial charge in [-0.3, -0.25) is 4.90 Å². The number of nitrogens with zero attached hydrogens (tertiary/aromatic N) is 3. The van der Waals surface area contributed by atoms with Crippen LogP contribution in [0.1, 0.15) is 36.6 Å². The maximum atomic E-state index is 9.49. The molecule has 1 saturated heterocycles. The SMILES string of the molecule is CCc1cn2cc(-c3ccc(CN4CCC[C@H]4CO)cc3)cc(C)c2n1. The van der Waals surface area contributed by atoms with Crippen molar-refractivity contribution in [3.63, 3.8) is 0 Å². The maximum Gasteiger partial charge on any atom is 0.139 e. The van der Waals surface area contributed by atoms with Crippen LogP contribution in [0, 0.1) is 6.92 Å². The molecule has 0 unspecified atom stereocenters. The Morgan fingerprint density at radius 1 is 1.15 bits per heavy atom. The molecule has 1 atom stereocenters. The van der Waals surface area contributed by atoms with Gasteiger partial charge in [-0.15, -0.1) is 0 Å². The Morgan fingerprint density at radius 2 is 1.96 bits per heavy atom. The number of aliphatic hydroxyl groups is 1. The van der Waals surface area contributed by atoms with Crippen molar-refractivity contribution in [3.8, 4) is 11.1 Å². The molecule has 1 aliphatic rings. The van der Waals surface area contributed by atoms with E-state index in [0.717, 1.165) is 37.3 Å². The topological polar surface area (TPSA) is 40.8 Å². The van der Waals surface area contributed by atoms with Gasteiger partial charge in [0.05, 0.1) is 12.3 Å². The van der Waals surface area contributed by atoms with E-state index in [-0.39, 0.29) is 6.61 Å². The van der Waals surface area contributed by atoms with Crippen molar-refractivity contribution in [3.05, 3.63) is 59.5 Å². The molecule has 26 heavy (non-hydrogen) atoms. The molecule has 0 spiro atoms. The predicted molar refractivity (Wildman–Crippen MR) is 105 cm³/mol. The summed E-state index contributed by atoms with van der Waals surface area (Å²) < 4.78 is 2.15. The Balaban J connectivity index is 1.57. The molecule has 2 aromatic heterocycles. The fraction of sp³-hybridized carbons (Fsp3) is 0.409. The Hall–Kier alpha value is -2.17. The molecule has 0 aliphatic carbocycles. The van der Waals surface area contributed by atoms with Crippen molar-refractivity contribution in [2.45, 2.75) is 45.7 Å². The lowest BCUT2D eigenvalue weighted by molar-refractivity contribution is 0.153. The predicted octanol–water partition coefficient (Wildman–Crippen LogP) is 3.83. The zero-order valence-corrected chi connectivity index (χ0v) is 15.7. The molecule has 3 heterocycles. The molecule has 1 aliphatic heterocycles. The molecule has 1 N–H and O–H groups in total. The number of rotatable bonds is 5. The van der Waals surface area contributed by atoms with E-state index in [9.17, 15) is 5.11 Å². The third-order valence-corrected chi connectivity index (χ3v) is 5.53. The first-order valence-electron chi connectivity index (χ1n) is 9.60. The average Bonchev–Trinajstić information content (AvgIpc) is 3.28. The molecule has 4 nitrogen and oxygen atoms in total. The van der Waals surface area contributed by atoms with E-state index >= 15 is 0 Å². The number of fused-ring (bicyclic) bond motifs is 1. The number of aromatic nitrogens is 2. The molecule has 1 fully saturated rings. The van der Waals surface area contributed by atoms with E-state index in [1.807, 2.05) is 0 Å². The highest BCUT2D eigenvalue weighted by Crippen LogP contribution is 2.25. The first-order valence-corrected chi connectivity index (χ1v) is 9.60. The second-order valence-electron chi connectivity index (χ2n) is 7.37. The zero-order valence-electron chi connectivity index (χ0n) is 15.7. The quantitative estimate of drug-likeness (QED) is 0.761. The van der Waals surface area contributed by atoms with E-state index < -0.39 is 0 Å². The standard InChI is InChI=1S/C22H27N3O/c1-3-20-14-25-13-19(11-16(2)22(25)23-20)18-8-6-17(7-9-18)12-24-10-4-5-21(24)15-26/h6-9,11,13-14,21,26H,3-5,10,12,15H2,1-2H3/t21-/m0/s1. The summed E-state index contributed by atoms with van der Waals surface area (Å²) in [5, 5.41) is 9.49. The number of pyridine rings is 1. The van der Waals surface area contributed by atoms with Crippen molar-refractivity contribution < 1.29 is 5.11 Å². The first kappa shape index (κ1) is 17.3. The number of aryl methyl sites for hydroxylation is 2. The van der Waals surface area contributed by atoms with Gasteiger partial charge in [0.2, 0.25) is 0 Å². The number of hydrogen-bond donors (Lipinski definition) is 1. The largest absolute Gasteiger partial charge is 0.395 e. The number of aliphatic hydroxyl groups excluding tert-OH is 1. The van der Waals surface area contributed by atoms with Gasteiger partial charge in [0, 0.05) is 25.0 Å². The summed E-state index contributed by atoms with van der Waals surface area (Å²) in [6.45, 7) is 6.54. The number of imidazole rings is 1. The van der Waals surface area contributed by atoms with E-state index in [4.69, 9.17) is 0 Å². The summed E-state index contributed by atoms with van der Waals surface area (Å²) in [5.74, 6) is 0. The smallest absolute Gasteiger partial charge is 0.139 e. The van der Waals surface area contributed by atoms with Gasteiger partial charge in [0.15, 0.2) is 0 Å². The molecule has 136 valence electrons. The highest BCUT2D eigenvalue weighted by Gasteiger charge is 2.23. The minimum Gasteiger partial charge on any atom is -0.395 e. The molecular weight excluding hydrogens is 322 g/mol. The summed E-state index contributed by atoms with van der Waals surface area (Å²) in [7, 11) is 0. The highest BCUT2D eigenvalue weighted by atomic mass is 16.3. The molecule has 0 radical (unpaired) electrons. The maximum absolute atomic E-state index is 9.49. The Bertz CT molecular complexity index is 898. The van der Waals surface area contributed by atoms with Crippen molar-refractivity contribution in [2.75, 3.05) is 13.2 Å². The van der Waals surface area contributed by atoms with Crippen LogP contribution in [0.15, 0.2) is 42.7 Å². The van der Waals surface area contributed by atoms with Gasteiger partial charge in [-0.05, 0) is 61.1 Å². The fourth-order valence-electron chi connectivity index (χ4n) is 3.99. The molecule has 4 rings (SSSR count). The highest BCUT2D eigenvalue weighted by molar-refractivity contribution is 5.67. The van der Waals surface area contributed by atoms with Crippen LogP contribution in [0.3, 0.4) is 0 Å². The Labute approximate surface area is 155 Å². The molecule has 4 heteroatoms. The van der Waals surface area contributed by atoms with Gasteiger partial charge >= 0.3 is 0 Å². The van der Waals surface area contributed by atoms with Crippen molar-refractivity contribution in [1.82, 2.24) is 14.3 Å². The van der Waals surface area contributed by atoms with E-state index in [1.165, 1.54) is 28.7 Å². The summed E-state index contributed by atoms with van der Waals surface area (Å²) in [6.07, 6.45) is 7.55. The van der Waals surface area contributed by atoms with Crippen LogP contribution in [0.2, 0.25) is 0 Å². The van der Waals surface area contributed by atoms with Crippen molar-refractivity contribution >= 4 is 5.65 Å². The molecule has 1 aromatic carbocycles. The van der Waals surface area contributed by atoms with Crippen LogP contribution in [0.5, 0.6) is 0 Å². The average molecular weight is 349 g/mol. The lowest BCUT2D eigenvalue weighted by Crippen LogP contribution is -2.31. The molecule has 0 amide bonds. The Kier molecular flexibility index (Phi) is 4.79. The monoisotopic (exact) mass is 349 g/mol. The fourth-order valence-corrected chi connectivity index (χ4v) is 3.99. The first-order chi connectivity index (χ1) is 12.7. The van der Waals surface area contributed by atoms with Gasteiger partial charge in [0.1, 0.15) is 5.65 Å². The third kappa shape index (κ3) is 3.27. The summed E-state index contributed by atoms with van der Waals surface area (Å²) in [6, 6.07) is 11.4. The van der Waals surface area contributed by atoms with Crippen LogP contribution in [0.25, 0.3) is 16.8 Å². The minimum atomic E-state index is 0.266. The van der Waals surface area contributed by atoms with Crippen LogP contribution in [0.4, 0.5) is 0 Å².